The number of hydrogen-bond acceptors (Lipinski definition) is 6. The Labute approximate surface area is 115 Å². The Kier molecular flexibility index (Phi) is 3.74. The van der Waals surface area contributed by atoms with Crippen molar-refractivity contribution in [2.24, 2.45) is 7.05 Å². The first-order valence-corrected chi connectivity index (χ1v) is 5.59. The topological polar surface area (TPSA) is 98.8 Å². The van der Waals surface area contributed by atoms with Gasteiger partial charge in [-0.15, -0.1) is 5.10 Å². The van der Waals surface area contributed by atoms with Gasteiger partial charge in [-0.3, -0.25) is 10.1 Å². The van der Waals surface area contributed by atoms with Crippen molar-refractivity contribution in [2.45, 2.75) is 12.7 Å². The van der Waals surface area contributed by atoms with Crippen molar-refractivity contribution >= 4 is 11.6 Å². The second-order valence-electron chi connectivity index (χ2n) is 4.10. The molecular weight excluding hydrogens is 293 g/mol. The van der Waals surface area contributed by atoms with Crippen molar-refractivity contribution in [2.75, 3.05) is 5.32 Å². The molecule has 112 valence electrons. The second kappa shape index (κ2) is 5.34. The highest BCUT2D eigenvalue weighted by Gasteiger charge is 2.32. The predicted octanol–water partition coefficient (Wildman–Crippen LogP) is 1.75. The number of benzene rings is 1. The minimum atomic E-state index is -4.66. The molecule has 1 aromatic carbocycles. The zero-order valence-electron chi connectivity index (χ0n) is 10.6. The lowest BCUT2D eigenvalue weighted by Gasteiger charge is -2.09. The largest absolute Gasteiger partial charge is 0.416 e. The summed E-state index contributed by atoms with van der Waals surface area (Å²) in [5.74, 6) is 0.109. The lowest BCUT2D eigenvalue weighted by Crippen LogP contribution is -2.09. The van der Waals surface area contributed by atoms with Gasteiger partial charge in [-0.25, -0.2) is 0 Å². The molecule has 0 saturated carbocycles. The smallest absolute Gasteiger partial charge is 0.348 e. The summed E-state index contributed by atoms with van der Waals surface area (Å²) in [5, 5.41) is 24.2. The summed E-state index contributed by atoms with van der Waals surface area (Å²) in [4.78, 5) is 11.0. The number of nitro benzene ring substituents is 1. The lowest BCUT2D eigenvalue weighted by atomic mass is 10.1. The van der Waals surface area contributed by atoms with E-state index >= 15 is 0 Å². The highest BCUT2D eigenvalue weighted by atomic mass is 19.4. The highest BCUT2D eigenvalue weighted by Crippen LogP contribution is 2.32. The third-order valence-corrected chi connectivity index (χ3v) is 2.47. The first kappa shape index (κ1) is 14.7. The fourth-order valence-electron chi connectivity index (χ4n) is 1.58. The van der Waals surface area contributed by atoms with Gasteiger partial charge in [0.1, 0.15) is 0 Å². The van der Waals surface area contributed by atoms with Crippen LogP contribution in [0, 0.1) is 10.1 Å². The average molecular weight is 302 g/mol. The molecule has 8 nitrogen and oxygen atoms in total. The molecule has 1 N–H and O–H groups in total. The fraction of sp³-hybridized carbons (Fsp3) is 0.300. The summed E-state index contributed by atoms with van der Waals surface area (Å²) in [7, 11) is 1.52. The fourth-order valence-corrected chi connectivity index (χ4v) is 1.58. The van der Waals surface area contributed by atoms with E-state index in [-0.39, 0.29) is 18.1 Å². The van der Waals surface area contributed by atoms with Crippen LogP contribution in [0.2, 0.25) is 0 Å². The highest BCUT2D eigenvalue weighted by molar-refractivity contribution is 5.41. The van der Waals surface area contributed by atoms with Gasteiger partial charge < -0.3 is 5.32 Å². The van der Waals surface area contributed by atoms with Gasteiger partial charge in [0, 0.05) is 18.7 Å². The summed E-state index contributed by atoms with van der Waals surface area (Å²) in [6.07, 6.45) is -4.66. The van der Waals surface area contributed by atoms with Crippen molar-refractivity contribution < 1.29 is 18.1 Å². The number of nitrogens with one attached hydrogen (secondary N) is 1. The number of halogens is 3. The van der Waals surface area contributed by atoms with Crippen LogP contribution < -0.4 is 5.32 Å². The SMILES string of the molecule is Cn1nnc(NCc2cc([N+](=O)[O-])cc(C(F)(F)F)c2)n1. The van der Waals surface area contributed by atoms with Crippen LogP contribution in [0.25, 0.3) is 0 Å². The molecular formula is C10H9F3N6O2. The number of tetrazole rings is 1. The first-order chi connectivity index (χ1) is 9.75. The van der Waals surface area contributed by atoms with E-state index in [4.69, 9.17) is 0 Å². The molecule has 21 heavy (non-hydrogen) atoms. The molecule has 2 rings (SSSR count). The van der Waals surface area contributed by atoms with E-state index in [0.717, 1.165) is 16.9 Å². The van der Waals surface area contributed by atoms with Crippen LogP contribution in [0.1, 0.15) is 11.1 Å². The quantitative estimate of drug-likeness (QED) is 0.682. The minimum Gasteiger partial charge on any atom is -0.348 e. The lowest BCUT2D eigenvalue weighted by molar-refractivity contribution is -0.385. The standard InChI is InChI=1S/C10H9F3N6O2/c1-18-16-9(15-17-18)14-5-6-2-7(10(11,12)13)4-8(3-6)19(20)21/h2-4H,5H2,1H3,(H,14,16). The van der Waals surface area contributed by atoms with Crippen LogP contribution in [-0.4, -0.2) is 25.1 Å². The molecule has 0 fully saturated rings. The molecule has 0 spiro atoms. The Bertz CT molecular complexity index is 669. The van der Waals surface area contributed by atoms with Crippen molar-refractivity contribution in [3.63, 3.8) is 0 Å². The van der Waals surface area contributed by atoms with E-state index in [1.165, 1.54) is 7.05 Å². The maximum absolute atomic E-state index is 12.7. The number of aryl methyl sites for hydroxylation is 1. The molecule has 0 atom stereocenters. The Morgan fingerprint density at radius 3 is 2.62 bits per heavy atom. The van der Waals surface area contributed by atoms with Gasteiger partial charge in [-0.2, -0.15) is 18.0 Å². The van der Waals surface area contributed by atoms with Crippen LogP contribution in [0.4, 0.5) is 24.8 Å². The number of rotatable bonds is 4. The Balaban J connectivity index is 2.25. The van der Waals surface area contributed by atoms with Crippen LogP contribution in [0.3, 0.4) is 0 Å². The minimum absolute atomic E-state index is 0.0870. The molecule has 2 aromatic rings. The van der Waals surface area contributed by atoms with Gasteiger partial charge in [-0.05, 0) is 16.8 Å². The summed E-state index contributed by atoms with van der Waals surface area (Å²) in [5.41, 5.74) is -1.63. The van der Waals surface area contributed by atoms with Gasteiger partial charge in [0.25, 0.3) is 11.6 Å². The van der Waals surface area contributed by atoms with Gasteiger partial charge in [0.05, 0.1) is 17.5 Å². The number of nitro groups is 1. The second-order valence-corrected chi connectivity index (χ2v) is 4.10. The maximum atomic E-state index is 12.7. The van der Waals surface area contributed by atoms with Crippen LogP contribution in [0.5, 0.6) is 0 Å². The summed E-state index contributed by atoms with van der Waals surface area (Å²) in [6.45, 7) is -0.101. The Morgan fingerprint density at radius 2 is 2.10 bits per heavy atom. The molecule has 0 radical (unpaired) electrons. The maximum Gasteiger partial charge on any atom is 0.416 e. The summed E-state index contributed by atoms with van der Waals surface area (Å²) < 4.78 is 38.1. The number of hydrogen-bond donors (Lipinski definition) is 1. The Morgan fingerprint density at radius 1 is 1.38 bits per heavy atom. The van der Waals surface area contributed by atoms with E-state index in [2.05, 4.69) is 20.7 Å². The summed E-state index contributed by atoms with van der Waals surface area (Å²) >= 11 is 0. The molecule has 0 amide bonds. The van der Waals surface area contributed by atoms with Gasteiger partial charge >= 0.3 is 6.18 Å². The first-order valence-electron chi connectivity index (χ1n) is 5.59. The molecule has 0 bridgehead atoms. The molecule has 0 aliphatic heterocycles. The normalized spacial score (nSPS) is 11.4. The van der Waals surface area contributed by atoms with E-state index in [1.54, 1.807) is 0 Å². The van der Waals surface area contributed by atoms with E-state index in [1.807, 2.05) is 0 Å². The van der Waals surface area contributed by atoms with E-state index < -0.39 is 22.4 Å². The van der Waals surface area contributed by atoms with Crippen molar-refractivity contribution in [3.05, 3.63) is 39.4 Å². The van der Waals surface area contributed by atoms with Crippen LogP contribution in [-0.2, 0) is 19.8 Å². The van der Waals surface area contributed by atoms with Crippen molar-refractivity contribution in [1.82, 2.24) is 20.2 Å². The molecule has 0 saturated heterocycles. The predicted molar refractivity (Wildman–Crippen MR) is 64.2 cm³/mol. The zero-order chi connectivity index (χ0) is 15.6. The van der Waals surface area contributed by atoms with Crippen molar-refractivity contribution in [3.8, 4) is 0 Å². The van der Waals surface area contributed by atoms with Gasteiger partial charge in [0.2, 0.25) is 0 Å². The van der Waals surface area contributed by atoms with Crippen LogP contribution >= 0.6 is 0 Å². The number of anilines is 1. The number of nitrogens with zero attached hydrogens (tertiary/aromatic N) is 5. The summed E-state index contributed by atoms with van der Waals surface area (Å²) in [6, 6.07) is 2.37. The van der Waals surface area contributed by atoms with E-state index in [0.29, 0.717) is 6.07 Å². The third kappa shape index (κ3) is 3.64. The number of alkyl halides is 3. The zero-order valence-corrected chi connectivity index (χ0v) is 10.6. The number of non-ortho nitro benzene ring substituents is 1. The molecule has 1 heterocycles. The monoisotopic (exact) mass is 302 g/mol. The van der Waals surface area contributed by atoms with Gasteiger partial charge in [0.15, 0.2) is 0 Å². The molecule has 0 aliphatic rings. The average Bonchev–Trinajstić information content (AvgIpc) is 2.81. The molecule has 1 aromatic heterocycles. The van der Waals surface area contributed by atoms with Crippen molar-refractivity contribution in [1.29, 1.82) is 0 Å². The third-order valence-electron chi connectivity index (χ3n) is 2.47. The Hall–Kier alpha value is -2.72. The van der Waals surface area contributed by atoms with Crippen LogP contribution in [0.15, 0.2) is 18.2 Å². The van der Waals surface area contributed by atoms with E-state index in [9.17, 15) is 23.3 Å². The molecule has 0 unspecified atom stereocenters. The number of aromatic nitrogens is 4. The molecule has 11 heteroatoms. The molecule has 0 aliphatic carbocycles. The van der Waals surface area contributed by atoms with Gasteiger partial charge in [-0.1, -0.05) is 5.10 Å².